The highest BCUT2D eigenvalue weighted by Crippen LogP contribution is 2.12. The average molecular weight is 254 g/mol. The highest BCUT2D eigenvalue weighted by Gasteiger charge is 1.97. The maximum atomic E-state index is 10.7. The molecule has 0 spiro atoms. The van der Waals surface area contributed by atoms with Gasteiger partial charge in [-0.3, -0.25) is 0 Å². The van der Waals surface area contributed by atoms with Crippen LogP contribution in [0, 0.1) is 0 Å². The first kappa shape index (κ1) is 9.23. The van der Waals surface area contributed by atoms with E-state index in [1.165, 1.54) is 0 Å². The first-order valence-electron chi connectivity index (χ1n) is 2.97. The van der Waals surface area contributed by atoms with E-state index in [0.29, 0.717) is 4.90 Å². The van der Waals surface area contributed by atoms with Crippen molar-refractivity contribution in [2.75, 3.05) is 0 Å². The van der Waals surface area contributed by atoms with Gasteiger partial charge in [-0.2, -0.15) is 0 Å². The minimum absolute atomic E-state index is 0.649. The number of halogens is 2. The molecule has 4 heteroatoms. The molecule has 0 aliphatic heterocycles. The third-order valence-corrected chi connectivity index (χ3v) is 3.09. The number of rotatable bonds is 2. The van der Waals surface area contributed by atoms with Crippen molar-refractivity contribution in [3.8, 4) is 0 Å². The van der Waals surface area contributed by atoms with Crippen LogP contribution in [0.3, 0.4) is 0 Å². The van der Waals surface area contributed by atoms with Crippen LogP contribution < -0.4 is 0 Å². The Hall–Kier alpha value is 0.140. The highest BCUT2D eigenvalue weighted by atomic mass is 79.9. The van der Waals surface area contributed by atoms with Crippen LogP contribution in [0.15, 0.2) is 29.2 Å². The molecule has 0 N–H and O–H groups in total. The van der Waals surface area contributed by atoms with Gasteiger partial charge in [0.2, 0.25) is 0 Å². The smallest absolute Gasteiger partial charge is 0.147 e. The molecule has 0 heterocycles. The van der Waals surface area contributed by atoms with Crippen molar-refractivity contribution < 1.29 is 4.21 Å². The van der Waals surface area contributed by atoms with Crippen molar-refractivity contribution in [2.24, 2.45) is 0 Å². The molecule has 1 unspecified atom stereocenters. The summed E-state index contributed by atoms with van der Waals surface area (Å²) in [6.07, 6.45) is 0. The molecule has 0 aliphatic carbocycles. The van der Waals surface area contributed by atoms with Gasteiger partial charge >= 0.3 is 0 Å². The molecule has 0 aliphatic rings. The zero-order valence-corrected chi connectivity index (χ0v) is 8.75. The van der Waals surface area contributed by atoms with Crippen LogP contribution in [0.1, 0.15) is 5.56 Å². The standard InChI is InChI=1S/C7H6BrClOS/c8-5-6-1-3-7(4-2-6)11(9)10/h1-4H,5H2. The van der Waals surface area contributed by atoms with Crippen molar-refractivity contribution in [3.05, 3.63) is 29.8 Å². The molecule has 0 saturated carbocycles. The van der Waals surface area contributed by atoms with Gasteiger partial charge in [0.15, 0.2) is 0 Å². The maximum absolute atomic E-state index is 10.7. The Balaban J connectivity index is 2.91. The molecular weight excluding hydrogens is 247 g/mol. The van der Waals surface area contributed by atoms with Crippen LogP contribution in [0.4, 0.5) is 0 Å². The lowest BCUT2D eigenvalue weighted by molar-refractivity contribution is 0.691. The van der Waals surface area contributed by atoms with Gasteiger partial charge in [0.25, 0.3) is 0 Å². The molecule has 1 aromatic rings. The van der Waals surface area contributed by atoms with E-state index in [4.69, 9.17) is 10.7 Å². The van der Waals surface area contributed by atoms with E-state index in [-0.39, 0.29) is 0 Å². The highest BCUT2D eigenvalue weighted by molar-refractivity contribution is 9.08. The fourth-order valence-electron chi connectivity index (χ4n) is 0.686. The summed E-state index contributed by atoms with van der Waals surface area (Å²) in [6, 6.07) is 7.31. The van der Waals surface area contributed by atoms with Gasteiger partial charge in [-0.05, 0) is 28.4 Å². The van der Waals surface area contributed by atoms with E-state index in [9.17, 15) is 4.21 Å². The second kappa shape index (κ2) is 4.24. The van der Waals surface area contributed by atoms with Crippen molar-refractivity contribution in [3.63, 3.8) is 0 Å². The molecule has 0 fully saturated rings. The second-order valence-electron chi connectivity index (χ2n) is 2.00. The van der Waals surface area contributed by atoms with Gasteiger partial charge in [-0.15, -0.1) is 0 Å². The first-order valence-corrected chi connectivity index (χ1v) is 6.06. The zero-order valence-electron chi connectivity index (χ0n) is 5.59. The second-order valence-corrected chi connectivity index (χ2v) is 4.32. The largest absolute Gasteiger partial charge is 0.237 e. The van der Waals surface area contributed by atoms with Crippen molar-refractivity contribution in [2.45, 2.75) is 10.2 Å². The normalized spacial score (nSPS) is 12.9. The van der Waals surface area contributed by atoms with Gasteiger partial charge in [-0.1, -0.05) is 28.1 Å². The maximum Gasteiger partial charge on any atom is 0.147 e. The van der Waals surface area contributed by atoms with Crippen LogP contribution in [-0.4, -0.2) is 4.21 Å². The Bertz CT molecular complexity index is 260. The van der Waals surface area contributed by atoms with E-state index in [1.54, 1.807) is 12.1 Å². The fraction of sp³-hybridized carbons (Fsp3) is 0.143. The minimum Gasteiger partial charge on any atom is -0.237 e. The van der Waals surface area contributed by atoms with E-state index in [0.717, 1.165) is 10.9 Å². The monoisotopic (exact) mass is 252 g/mol. The summed E-state index contributed by atoms with van der Waals surface area (Å²) in [5.74, 6) is 0. The summed E-state index contributed by atoms with van der Waals surface area (Å²) in [7, 11) is 3.98. The van der Waals surface area contributed by atoms with E-state index < -0.39 is 10.0 Å². The zero-order chi connectivity index (χ0) is 8.27. The summed E-state index contributed by atoms with van der Waals surface area (Å²) in [4.78, 5) is 0.649. The summed E-state index contributed by atoms with van der Waals surface area (Å²) in [5.41, 5.74) is 1.15. The predicted octanol–water partition coefficient (Wildman–Crippen LogP) is 2.84. The number of hydrogen-bond donors (Lipinski definition) is 0. The topological polar surface area (TPSA) is 17.1 Å². The Labute approximate surface area is 80.8 Å². The van der Waals surface area contributed by atoms with Crippen LogP contribution in [-0.2, 0) is 15.3 Å². The molecule has 1 aromatic carbocycles. The lowest BCUT2D eigenvalue weighted by Gasteiger charge is -1.95. The molecule has 0 amide bonds. The lowest BCUT2D eigenvalue weighted by atomic mass is 10.2. The first-order chi connectivity index (χ1) is 5.24. The Morgan fingerprint density at radius 3 is 2.27 bits per heavy atom. The minimum atomic E-state index is -1.38. The van der Waals surface area contributed by atoms with E-state index in [2.05, 4.69) is 15.9 Å². The molecule has 60 valence electrons. The number of hydrogen-bond acceptors (Lipinski definition) is 1. The Morgan fingerprint density at radius 2 is 1.91 bits per heavy atom. The number of benzene rings is 1. The SMILES string of the molecule is O=S(Cl)c1ccc(CBr)cc1. The average Bonchev–Trinajstić information content (AvgIpc) is 2.05. The molecule has 1 atom stereocenters. The third kappa shape index (κ3) is 2.58. The summed E-state index contributed by atoms with van der Waals surface area (Å²) in [5, 5.41) is 0.808. The number of alkyl halides is 1. The fourth-order valence-corrected chi connectivity index (χ4v) is 1.72. The van der Waals surface area contributed by atoms with Gasteiger partial charge in [0.1, 0.15) is 10.0 Å². The van der Waals surface area contributed by atoms with Gasteiger partial charge in [-0.25, -0.2) is 4.21 Å². The molecule has 0 aromatic heterocycles. The van der Waals surface area contributed by atoms with E-state index in [1.807, 2.05) is 12.1 Å². The van der Waals surface area contributed by atoms with Crippen molar-refractivity contribution >= 4 is 36.6 Å². The Morgan fingerprint density at radius 1 is 1.36 bits per heavy atom. The predicted molar refractivity (Wildman–Crippen MR) is 51.3 cm³/mol. The summed E-state index contributed by atoms with van der Waals surface area (Å²) >= 11 is 3.31. The van der Waals surface area contributed by atoms with Crippen molar-refractivity contribution in [1.29, 1.82) is 0 Å². The summed E-state index contributed by atoms with van der Waals surface area (Å²) in [6.45, 7) is 0. The molecule has 1 nitrogen and oxygen atoms in total. The van der Waals surface area contributed by atoms with Crippen molar-refractivity contribution in [1.82, 2.24) is 0 Å². The quantitative estimate of drug-likeness (QED) is 0.585. The third-order valence-electron chi connectivity index (χ3n) is 1.26. The van der Waals surface area contributed by atoms with Crippen LogP contribution in [0.25, 0.3) is 0 Å². The van der Waals surface area contributed by atoms with E-state index >= 15 is 0 Å². The van der Waals surface area contributed by atoms with Crippen LogP contribution in [0.5, 0.6) is 0 Å². The lowest BCUT2D eigenvalue weighted by Crippen LogP contribution is -1.82. The van der Waals surface area contributed by atoms with Crippen LogP contribution >= 0.6 is 26.6 Å². The molecule has 11 heavy (non-hydrogen) atoms. The molecule has 1 rings (SSSR count). The molecular formula is C7H6BrClOS. The van der Waals surface area contributed by atoms with Gasteiger partial charge < -0.3 is 0 Å². The summed E-state index contributed by atoms with van der Waals surface area (Å²) < 4.78 is 10.7. The van der Waals surface area contributed by atoms with Gasteiger partial charge in [0, 0.05) is 5.33 Å². The Kier molecular flexibility index (Phi) is 3.55. The molecule has 0 bridgehead atoms. The molecule has 0 radical (unpaired) electrons. The molecule has 0 saturated heterocycles. The van der Waals surface area contributed by atoms with Gasteiger partial charge in [0.05, 0.1) is 4.90 Å². The van der Waals surface area contributed by atoms with Crippen LogP contribution in [0.2, 0.25) is 0 Å².